The Morgan fingerprint density at radius 2 is 2.14 bits per heavy atom. The van der Waals surface area contributed by atoms with E-state index in [0.29, 0.717) is 6.54 Å². The molecule has 1 saturated carbocycles. The maximum absolute atomic E-state index is 5.76. The van der Waals surface area contributed by atoms with Crippen LogP contribution < -0.4 is 5.32 Å². The summed E-state index contributed by atoms with van der Waals surface area (Å²) in [6.45, 7) is 2.48. The molecule has 6 nitrogen and oxygen atoms in total. The van der Waals surface area contributed by atoms with Crippen molar-refractivity contribution in [3.05, 3.63) is 29.7 Å². The van der Waals surface area contributed by atoms with Crippen molar-refractivity contribution in [2.45, 2.75) is 51.1 Å². The predicted octanol–water partition coefficient (Wildman–Crippen LogP) is 1.79. The van der Waals surface area contributed by atoms with Gasteiger partial charge in [-0.15, -0.1) is 11.5 Å². The van der Waals surface area contributed by atoms with Crippen LogP contribution in [0.2, 0.25) is 0 Å². The van der Waals surface area contributed by atoms with Crippen LogP contribution in [0.3, 0.4) is 0 Å². The van der Waals surface area contributed by atoms with E-state index in [0.717, 1.165) is 30.2 Å². The van der Waals surface area contributed by atoms with Gasteiger partial charge in [-0.1, -0.05) is 31.2 Å². The van der Waals surface area contributed by atoms with Crippen LogP contribution >= 0.6 is 0 Å². The van der Waals surface area contributed by atoms with E-state index in [-0.39, 0.29) is 5.54 Å². The largest absolute Gasteiger partial charge is 0.294 e. The summed E-state index contributed by atoms with van der Waals surface area (Å²) in [6.07, 6.45) is 11.4. The van der Waals surface area contributed by atoms with Gasteiger partial charge in [0.1, 0.15) is 0 Å². The van der Waals surface area contributed by atoms with E-state index >= 15 is 0 Å². The van der Waals surface area contributed by atoms with Crippen molar-refractivity contribution in [1.82, 2.24) is 30.5 Å². The van der Waals surface area contributed by atoms with Crippen LogP contribution in [-0.4, -0.2) is 30.7 Å². The minimum atomic E-state index is -0.227. The van der Waals surface area contributed by atoms with Crippen molar-refractivity contribution >= 4 is 0 Å². The van der Waals surface area contributed by atoms with Gasteiger partial charge in [-0.3, -0.25) is 5.32 Å². The van der Waals surface area contributed by atoms with Crippen LogP contribution in [0, 0.1) is 19.3 Å². The summed E-state index contributed by atoms with van der Waals surface area (Å²) in [5.41, 5.74) is 0.703. The number of rotatable bonds is 4. The van der Waals surface area contributed by atoms with Crippen LogP contribution in [-0.2, 0) is 6.54 Å². The second-order valence-corrected chi connectivity index (χ2v) is 5.78. The van der Waals surface area contributed by atoms with Gasteiger partial charge < -0.3 is 0 Å². The highest BCUT2D eigenvalue weighted by atomic mass is 15.6. The van der Waals surface area contributed by atoms with E-state index in [2.05, 4.69) is 31.7 Å². The molecular weight excluding hydrogens is 276 g/mol. The highest BCUT2D eigenvalue weighted by Gasteiger charge is 2.29. The third-order valence-electron chi connectivity index (χ3n) is 4.19. The lowest BCUT2D eigenvalue weighted by atomic mass is 9.82. The van der Waals surface area contributed by atoms with E-state index in [4.69, 9.17) is 6.42 Å². The lowest BCUT2D eigenvalue weighted by Crippen LogP contribution is -2.45. The van der Waals surface area contributed by atoms with Gasteiger partial charge in [0, 0.05) is 5.69 Å². The van der Waals surface area contributed by atoms with Gasteiger partial charge in [-0.2, -0.15) is 4.68 Å². The van der Waals surface area contributed by atoms with Gasteiger partial charge >= 0.3 is 0 Å². The molecule has 3 rings (SSSR count). The minimum Gasteiger partial charge on any atom is -0.294 e. The Hall–Kier alpha value is -2.26. The highest BCUT2D eigenvalue weighted by molar-refractivity contribution is 5.24. The van der Waals surface area contributed by atoms with Crippen molar-refractivity contribution in [3.63, 3.8) is 0 Å². The fourth-order valence-electron chi connectivity index (χ4n) is 2.92. The summed E-state index contributed by atoms with van der Waals surface area (Å²) in [7, 11) is 0. The number of nitrogens with zero attached hydrogens (tertiary/aromatic N) is 5. The number of aryl methyl sites for hydroxylation is 1. The molecule has 0 radical (unpaired) electrons. The molecule has 22 heavy (non-hydrogen) atoms. The summed E-state index contributed by atoms with van der Waals surface area (Å²) in [5.74, 6) is 4.39. The van der Waals surface area contributed by atoms with Crippen molar-refractivity contribution in [2.75, 3.05) is 0 Å². The van der Waals surface area contributed by atoms with Crippen LogP contribution in [0.5, 0.6) is 0 Å². The number of terminal acetylenes is 1. The molecule has 0 aromatic carbocycles. The maximum atomic E-state index is 5.76. The predicted molar refractivity (Wildman–Crippen MR) is 83.2 cm³/mol. The van der Waals surface area contributed by atoms with Crippen LogP contribution in [0.4, 0.5) is 0 Å². The summed E-state index contributed by atoms with van der Waals surface area (Å²) in [6, 6.07) is 5.78. The zero-order valence-corrected chi connectivity index (χ0v) is 12.8. The Kier molecular flexibility index (Phi) is 4.16. The molecule has 1 aliphatic rings. The number of tetrazole rings is 1. The van der Waals surface area contributed by atoms with E-state index < -0.39 is 0 Å². The number of hydrogen-bond acceptors (Lipinski definition) is 5. The van der Waals surface area contributed by atoms with Crippen molar-refractivity contribution in [1.29, 1.82) is 0 Å². The third kappa shape index (κ3) is 3.00. The summed E-state index contributed by atoms with van der Waals surface area (Å²) in [5, 5.41) is 15.4. The molecule has 0 bridgehead atoms. The Balaban J connectivity index is 1.77. The van der Waals surface area contributed by atoms with Gasteiger partial charge in [0.05, 0.1) is 12.1 Å². The molecule has 0 amide bonds. The van der Waals surface area contributed by atoms with Gasteiger partial charge in [0.2, 0.25) is 0 Å². The van der Waals surface area contributed by atoms with Crippen LogP contribution in [0.1, 0.15) is 43.6 Å². The Morgan fingerprint density at radius 1 is 1.32 bits per heavy atom. The van der Waals surface area contributed by atoms with Gasteiger partial charge in [0.25, 0.3) is 0 Å². The first kappa shape index (κ1) is 14.7. The van der Waals surface area contributed by atoms with E-state index in [1.807, 2.05) is 25.1 Å². The number of nitrogens with one attached hydrogen (secondary N) is 1. The minimum absolute atomic E-state index is 0.227. The smallest absolute Gasteiger partial charge is 0.172 e. The highest BCUT2D eigenvalue weighted by Crippen LogP contribution is 2.27. The normalized spacial score (nSPS) is 17.1. The standard InChI is InChI=1S/C16H20N6/c1-3-16(10-5-4-6-11-16)17-12-15-19-20-21-22(15)14-9-7-8-13(2)18-14/h1,7-9,17H,4-6,10-12H2,2H3. The molecular formula is C16H20N6. The number of pyridine rings is 1. The SMILES string of the molecule is C#CC1(NCc2nnnn2-c2cccc(C)n2)CCCCC1. The molecule has 2 heterocycles. The number of hydrogen-bond donors (Lipinski definition) is 1. The molecule has 1 fully saturated rings. The fraction of sp³-hybridized carbons (Fsp3) is 0.500. The third-order valence-corrected chi connectivity index (χ3v) is 4.19. The second-order valence-electron chi connectivity index (χ2n) is 5.78. The molecule has 0 saturated heterocycles. The van der Waals surface area contributed by atoms with Crippen molar-refractivity contribution in [2.24, 2.45) is 0 Å². The Labute approximate surface area is 130 Å². The molecule has 0 unspecified atom stereocenters. The van der Waals surface area contributed by atoms with E-state index in [9.17, 15) is 0 Å². The molecule has 0 atom stereocenters. The molecule has 0 spiro atoms. The Bertz CT molecular complexity index is 678. The summed E-state index contributed by atoms with van der Waals surface area (Å²) < 4.78 is 1.66. The first-order valence-electron chi connectivity index (χ1n) is 7.66. The second kappa shape index (κ2) is 6.24. The number of aromatic nitrogens is 5. The molecule has 0 aliphatic heterocycles. The molecule has 1 aliphatic carbocycles. The molecule has 114 valence electrons. The monoisotopic (exact) mass is 296 g/mol. The van der Waals surface area contributed by atoms with Gasteiger partial charge in [-0.05, 0) is 42.3 Å². The van der Waals surface area contributed by atoms with E-state index in [1.165, 1.54) is 19.3 Å². The molecule has 1 N–H and O–H groups in total. The lowest BCUT2D eigenvalue weighted by Gasteiger charge is -2.33. The quantitative estimate of drug-likeness (QED) is 0.871. The zero-order valence-electron chi connectivity index (χ0n) is 12.8. The maximum Gasteiger partial charge on any atom is 0.172 e. The fourth-order valence-corrected chi connectivity index (χ4v) is 2.92. The average molecular weight is 296 g/mol. The zero-order chi connectivity index (χ0) is 15.4. The molecule has 6 heteroatoms. The van der Waals surface area contributed by atoms with Crippen molar-refractivity contribution in [3.8, 4) is 18.2 Å². The van der Waals surface area contributed by atoms with Crippen molar-refractivity contribution < 1.29 is 0 Å². The summed E-state index contributed by atoms with van der Waals surface area (Å²) in [4.78, 5) is 4.46. The van der Waals surface area contributed by atoms with Crippen LogP contribution in [0.25, 0.3) is 5.82 Å². The Morgan fingerprint density at radius 3 is 2.86 bits per heavy atom. The van der Waals surface area contributed by atoms with Gasteiger partial charge in [-0.25, -0.2) is 4.98 Å². The summed E-state index contributed by atoms with van der Waals surface area (Å²) >= 11 is 0. The lowest BCUT2D eigenvalue weighted by molar-refractivity contribution is 0.296. The molecule has 2 aromatic heterocycles. The molecule has 2 aromatic rings. The van der Waals surface area contributed by atoms with Crippen LogP contribution in [0.15, 0.2) is 18.2 Å². The van der Waals surface area contributed by atoms with Gasteiger partial charge in [0.15, 0.2) is 11.6 Å². The topological polar surface area (TPSA) is 68.5 Å². The average Bonchev–Trinajstić information content (AvgIpc) is 3.02. The first-order valence-corrected chi connectivity index (χ1v) is 7.66. The van der Waals surface area contributed by atoms with E-state index in [1.54, 1.807) is 4.68 Å². The first-order chi connectivity index (χ1) is 10.7.